The maximum atomic E-state index is 12.5. The molecule has 30 heavy (non-hydrogen) atoms. The summed E-state index contributed by atoms with van der Waals surface area (Å²) >= 11 is 11.9. The third kappa shape index (κ3) is 5.88. The minimum atomic E-state index is -0.543. The number of hydrogen-bond donors (Lipinski definition) is 2. The van der Waals surface area contributed by atoms with Crippen molar-refractivity contribution in [3.63, 3.8) is 0 Å². The maximum Gasteiger partial charge on any atom is 0.339 e. The van der Waals surface area contributed by atoms with E-state index in [9.17, 15) is 9.59 Å². The fourth-order valence-electron chi connectivity index (χ4n) is 2.36. The van der Waals surface area contributed by atoms with Crippen LogP contribution >= 0.6 is 23.2 Å². The number of rotatable bonds is 6. The Balaban J connectivity index is 1.72. The Morgan fingerprint density at radius 3 is 2.50 bits per heavy atom. The molecule has 2 N–H and O–H groups in total. The number of nitrogens with one attached hydrogen (secondary N) is 2. The van der Waals surface area contributed by atoms with Crippen LogP contribution in [0.15, 0.2) is 48.7 Å². The topological polar surface area (TPSA) is 106 Å². The number of nitrogens with zero attached hydrogens (tertiary/aromatic N) is 3. The molecule has 0 saturated carbocycles. The number of esters is 1. The van der Waals surface area contributed by atoms with Gasteiger partial charge in [0, 0.05) is 23.0 Å². The first kappa shape index (κ1) is 21.5. The molecule has 2 aromatic heterocycles. The number of carbonyl (C=O) groups is 2. The van der Waals surface area contributed by atoms with Crippen molar-refractivity contribution >= 4 is 52.4 Å². The van der Waals surface area contributed by atoms with Gasteiger partial charge in [-0.25, -0.2) is 19.7 Å². The van der Waals surface area contributed by atoms with Gasteiger partial charge in [0.2, 0.25) is 5.28 Å². The minimum Gasteiger partial charge on any atom is -0.459 e. The van der Waals surface area contributed by atoms with E-state index in [1.807, 2.05) is 0 Å². The van der Waals surface area contributed by atoms with Crippen molar-refractivity contribution in [3.05, 3.63) is 70.2 Å². The zero-order valence-electron chi connectivity index (χ0n) is 16.0. The second-order valence-corrected chi connectivity index (χ2v) is 7.16. The molecule has 8 nitrogen and oxygen atoms in total. The summed E-state index contributed by atoms with van der Waals surface area (Å²) in [6, 6.07) is 11.4. The molecule has 1 amide bonds. The molecule has 0 bridgehead atoms. The number of aromatic nitrogens is 3. The predicted molar refractivity (Wildman–Crippen MR) is 115 cm³/mol. The number of hydrogen-bond acceptors (Lipinski definition) is 7. The quantitative estimate of drug-likeness (QED) is 0.416. The van der Waals surface area contributed by atoms with E-state index in [1.54, 1.807) is 38.1 Å². The van der Waals surface area contributed by atoms with Gasteiger partial charge in [-0.15, -0.1) is 0 Å². The molecule has 0 unspecified atom stereocenters. The van der Waals surface area contributed by atoms with Crippen molar-refractivity contribution in [3.8, 4) is 0 Å². The van der Waals surface area contributed by atoms with Gasteiger partial charge in [0.05, 0.1) is 11.7 Å². The van der Waals surface area contributed by atoms with Crippen LogP contribution in [0.1, 0.15) is 34.7 Å². The molecule has 0 spiro atoms. The van der Waals surface area contributed by atoms with Gasteiger partial charge in [-0.2, -0.15) is 0 Å². The highest BCUT2D eigenvalue weighted by molar-refractivity contribution is 6.30. The summed E-state index contributed by atoms with van der Waals surface area (Å²) in [4.78, 5) is 36.5. The van der Waals surface area contributed by atoms with Crippen LogP contribution < -0.4 is 10.6 Å². The van der Waals surface area contributed by atoms with E-state index in [1.165, 1.54) is 24.4 Å². The molecular weight excluding hydrogens is 429 g/mol. The Labute approximate surface area is 182 Å². The molecule has 0 aliphatic carbocycles. The van der Waals surface area contributed by atoms with Crippen LogP contribution in [0.4, 0.5) is 17.3 Å². The lowest BCUT2D eigenvalue weighted by Crippen LogP contribution is -2.16. The highest BCUT2D eigenvalue weighted by Gasteiger charge is 2.14. The van der Waals surface area contributed by atoms with Gasteiger partial charge in [-0.05, 0) is 55.8 Å². The Kier molecular flexibility index (Phi) is 6.81. The first-order chi connectivity index (χ1) is 14.3. The summed E-state index contributed by atoms with van der Waals surface area (Å²) in [5.41, 5.74) is 0.985. The molecule has 0 saturated heterocycles. The maximum absolute atomic E-state index is 12.5. The fourth-order valence-corrected chi connectivity index (χ4v) is 2.74. The summed E-state index contributed by atoms with van der Waals surface area (Å²) in [6.45, 7) is 3.50. The first-order valence-electron chi connectivity index (χ1n) is 8.86. The van der Waals surface area contributed by atoms with Crippen LogP contribution in [0.5, 0.6) is 0 Å². The van der Waals surface area contributed by atoms with Gasteiger partial charge in [-0.1, -0.05) is 17.7 Å². The SMILES string of the molecule is CC(C)OC(=O)c1ccc(NC(=O)c2cc(Nc3cccc(Cl)c3)nc(Cl)n2)nc1. The Bertz CT molecular complexity index is 1070. The molecule has 0 radical (unpaired) electrons. The van der Waals surface area contributed by atoms with Crippen molar-refractivity contribution in [2.45, 2.75) is 20.0 Å². The Hall–Kier alpha value is -3.23. The number of halogens is 2. The summed E-state index contributed by atoms with van der Waals surface area (Å²) in [5.74, 6) is -0.476. The largest absolute Gasteiger partial charge is 0.459 e. The molecule has 0 aliphatic rings. The lowest BCUT2D eigenvalue weighted by atomic mass is 10.3. The van der Waals surface area contributed by atoms with Gasteiger partial charge in [0.1, 0.15) is 17.3 Å². The van der Waals surface area contributed by atoms with E-state index < -0.39 is 11.9 Å². The lowest BCUT2D eigenvalue weighted by Gasteiger charge is -2.09. The van der Waals surface area contributed by atoms with Crippen molar-refractivity contribution in [1.82, 2.24) is 15.0 Å². The molecule has 0 atom stereocenters. The highest BCUT2D eigenvalue weighted by Crippen LogP contribution is 2.20. The summed E-state index contributed by atoms with van der Waals surface area (Å²) in [6.07, 6.45) is 1.08. The average molecular weight is 446 g/mol. The van der Waals surface area contributed by atoms with Gasteiger partial charge in [0.25, 0.3) is 5.91 Å². The van der Waals surface area contributed by atoms with Gasteiger partial charge >= 0.3 is 5.97 Å². The van der Waals surface area contributed by atoms with Crippen molar-refractivity contribution in [2.75, 3.05) is 10.6 Å². The van der Waals surface area contributed by atoms with Crippen LogP contribution in [-0.2, 0) is 4.74 Å². The third-order valence-electron chi connectivity index (χ3n) is 3.61. The van der Waals surface area contributed by atoms with Crippen LogP contribution in [0.3, 0.4) is 0 Å². The molecule has 2 heterocycles. The third-order valence-corrected chi connectivity index (χ3v) is 4.02. The second-order valence-electron chi connectivity index (χ2n) is 6.38. The van der Waals surface area contributed by atoms with Crippen molar-refractivity contribution in [1.29, 1.82) is 0 Å². The van der Waals surface area contributed by atoms with Crippen molar-refractivity contribution in [2.24, 2.45) is 0 Å². The average Bonchev–Trinajstić information content (AvgIpc) is 2.67. The molecule has 10 heteroatoms. The van der Waals surface area contributed by atoms with Gasteiger partial charge < -0.3 is 15.4 Å². The number of ether oxygens (including phenoxy) is 1. The van der Waals surface area contributed by atoms with Crippen molar-refractivity contribution < 1.29 is 14.3 Å². The summed E-state index contributed by atoms with van der Waals surface area (Å²) in [5, 5.41) is 6.05. The Morgan fingerprint density at radius 2 is 1.83 bits per heavy atom. The summed E-state index contributed by atoms with van der Waals surface area (Å²) < 4.78 is 5.10. The van der Waals surface area contributed by atoms with Gasteiger partial charge in [0.15, 0.2) is 0 Å². The molecule has 154 valence electrons. The van der Waals surface area contributed by atoms with E-state index in [0.29, 0.717) is 16.5 Å². The van der Waals surface area contributed by atoms with E-state index in [2.05, 4.69) is 25.6 Å². The zero-order chi connectivity index (χ0) is 21.7. The molecule has 3 rings (SSSR count). The number of benzene rings is 1. The molecule has 0 fully saturated rings. The van der Waals surface area contributed by atoms with E-state index >= 15 is 0 Å². The molecule has 1 aromatic carbocycles. The zero-order valence-corrected chi connectivity index (χ0v) is 17.5. The number of carbonyl (C=O) groups excluding carboxylic acids is 2. The van der Waals surface area contributed by atoms with Crippen LogP contribution in [0.2, 0.25) is 10.3 Å². The molecule has 0 aliphatic heterocycles. The first-order valence-corrected chi connectivity index (χ1v) is 9.61. The monoisotopic (exact) mass is 445 g/mol. The highest BCUT2D eigenvalue weighted by atomic mass is 35.5. The number of anilines is 3. The van der Waals surface area contributed by atoms with Crippen LogP contribution in [0.25, 0.3) is 0 Å². The van der Waals surface area contributed by atoms with Crippen LogP contribution in [0, 0.1) is 0 Å². The minimum absolute atomic E-state index is 0.0321. The normalized spacial score (nSPS) is 10.6. The van der Waals surface area contributed by atoms with Crippen LogP contribution in [-0.4, -0.2) is 32.9 Å². The number of amides is 1. The van der Waals surface area contributed by atoms with E-state index in [-0.39, 0.29) is 28.5 Å². The standard InChI is InChI=1S/C20H17Cl2N5O3/c1-11(2)30-19(29)12-6-7-16(23-10-12)26-18(28)15-9-17(27-20(22)25-15)24-14-5-3-4-13(21)8-14/h3-11H,1-2H3,(H,23,26,28)(H,24,25,27). The fraction of sp³-hybridized carbons (Fsp3) is 0.150. The lowest BCUT2D eigenvalue weighted by molar-refractivity contribution is 0.0377. The Morgan fingerprint density at radius 1 is 1.03 bits per heavy atom. The second kappa shape index (κ2) is 9.51. The molecular formula is C20H17Cl2N5O3. The summed E-state index contributed by atoms with van der Waals surface area (Å²) in [7, 11) is 0. The van der Waals surface area contributed by atoms with Gasteiger partial charge in [-0.3, -0.25) is 4.79 Å². The van der Waals surface area contributed by atoms with E-state index in [4.69, 9.17) is 27.9 Å². The smallest absolute Gasteiger partial charge is 0.339 e. The van der Waals surface area contributed by atoms with E-state index in [0.717, 1.165) is 0 Å². The molecule has 3 aromatic rings. The predicted octanol–water partition coefficient (Wildman–Crippen LogP) is 4.74. The number of pyridine rings is 1.